The van der Waals surface area contributed by atoms with E-state index < -0.39 is 10.2 Å². The van der Waals surface area contributed by atoms with Gasteiger partial charge in [-0.3, -0.25) is 0 Å². The second-order valence-electron chi connectivity index (χ2n) is 5.07. The van der Waals surface area contributed by atoms with E-state index in [0.717, 1.165) is 32.3 Å². The smallest absolute Gasteiger partial charge is 0.279 e. The molecule has 0 spiro atoms. The highest BCUT2D eigenvalue weighted by Gasteiger charge is 2.27. The Bertz CT molecular complexity index is 331. The van der Waals surface area contributed by atoms with Crippen molar-refractivity contribution in [3.8, 4) is 0 Å². The molecule has 0 saturated carbocycles. The number of ether oxygens (including phenoxy) is 1. The molecule has 0 aromatic heterocycles. The summed E-state index contributed by atoms with van der Waals surface area (Å²) in [6, 6.07) is 0. The van der Waals surface area contributed by atoms with Crippen LogP contribution in [0, 0.1) is 5.92 Å². The first kappa shape index (κ1) is 13.3. The Morgan fingerprint density at radius 3 is 2.59 bits per heavy atom. The van der Waals surface area contributed by atoms with Gasteiger partial charge >= 0.3 is 0 Å². The van der Waals surface area contributed by atoms with Crippen LogP contribution >= 0.6 is 0 Å². The third-order valence-electron chi connectivity index (χ3n) is 3.60. The number of hydrogen-bond donors (Lipinski definition) is 1. The first-order chi connectivity index (χ1) is 8.08. The summed E-state index contributed by atoms with van der Waals surface area (Å²) in [6.07, 6.45) is 3.97. The van der Waals surface area contributed by atoms with Crippen LogP contribution in [0.25, 0.3) is 0 Å². The minimum absolute atomic E-state index is 0.0634. The third-order valence-corrected chi connectivity index (χ3v) is 5.18. The highest BCUT2D eigenvalue weighted by atomic mass is 32.2. The molecule has 0 unspecified atom stereocenters. The molecule has 2 saturated heterocycles. The van der Waals surface area contributed by atoms with Crippen LogP contribution in [0.15, 0.2) is 0 Å². The van der Waals surface area contributed by atoms with Crippen molar-refractivity contribution in [2.75, 3.05) is 26.2 Å². The van der Waals surface area contributed by atoms with E-state index in [2.05, 4.69) is 11.6 Å². The molecule has 1 N–H and O–H groups in total. The van der Waals surface area contributed by atoms with Crippen molar-refractivity contribution in [2.24, 2.45) is 5.92 Å². The second kappa shape index (κ2) is 5.65. The molecule has 2 heterocycles. The summed E-state index contributed by atoms with van der Waals surface area (Å²) in [4.78, 5) is 0. The highest BCUT2D eigenvalue weighted by molar-refractivity contribution is 7.87. The fraction of sp³-hybridized carbons (Fsp3) is 1.00. The molecular weight excluding hydrogens is 240 g/mol. The molecule has 17 heavy (non-hydrogen) atoms. The maximum atomic E-state index is 12.0. The molecule has 100 valence electrons. The largest absolute Gasteiger partial charge is 0.377 e. The van der Waals surface area contributed by atoms with Crippen LogP contribution in [-0.4, -0.2) is 45.1 Å². The van der Waals surface area contributed by atoms with Gasteiger partial charge in [0, 0.05) is 26.2 Å². The van der Waals surface area contributed by atoms with Crippen molar-refractivity contribution >= 4 is 10.2 Å². The quantitative estimate of drug-likeness (QED) is 0.812. The molecule has 0 aromatic rings. The molecule has 0 bridgehead atoms. The van der Waals surface area contributed by atoms with E-state index in [1.165, 1.54) is 0 Å². The minimum atomic E-state index is -3.29. The van der Waals surface area contributed by atoms with Crippen molar-refractivity contribution in [1.82, 2.24) is 9.03 Å². The van der Waals surface area contributed by atoms with E-state index in [-0.39, 0.29) is 6.10 Å². The maximum Gasteiger partial charge on any atom is 0.279 e. The Kier molecular flexibility index (Phi) is 4.41. The second-order valence-corrected chi connectivity index (χ2v) is 6.83. The molecule has 0 radical (unpaired) electrons. The molecule has 0 amide bonds. The fourth-order valence-corrected chi connectivity index (χ4v) is 3.59. The van der Waals surface area contributed by atoms with Crippen molar-refractivity contribution in [3.05, 3.63) is 0 Å². The van der Waals surface area contributed by atoms with Gasteiger partial charge in [-0.1, -0.05) is 6.92 Å². The van der Waals surface area contributed by atoms with Crippen molar-refractivity contribution in [2.45, 2.75) is 38.7 Å². The standard InChI is InChI=1S/C11H22N2O3S/c1-10-4-6-13(7-5-10)17(14,15)12-9-11-3-2-8-16-11/h10-12H,2-9H2,1H3/t11-/m0/s1. The summed E-state index contributed by atoms with van der Waals surface area (Å²) in [7, 11) is -3.29. The molecule has 1 atom stereocenters. The number of piperidine rings is 1. The van der Waals surface area contributed by atoms with Crippen LogP contribution in [0.1, 0.15) is 32.6 Å². The van der Waals surface area contributed by atoms with Gasteiger partial charge in [0.05, 0.1) is 6.10 Å². The van der Waals surface area contributed by atoms with E-state index in [0.29, 0.717) is 25.6 Å². The zero-order chi connectivity index (χ0) is 12.3. The fourth-order valence-electron chi connectivity index (χ4n) is 2.32. The summed E-state index contributed by atoms with van der Waals surface area (Å²) < 4.78 is 33.6. The number of nitrogens with one attached hydrogen (secondary N) is 1. The van der Waals surface area contributed by atoms with Crippen LogP contribution < -0.4 is 4.72 Å². The Hall–Kier alpha value is -0.170. The number of hydrogen-bond acceptors (Lipinski definition) is 3. The van der Waals surface area contributed by atoms with E-state index in [9.17, 15) is 8.42 Å². The summed E-state index contributed by atoms with van der Waals surface area (Å²) in [5.74, 6) is 0.639. The molecule has 2 aliphatic heterocycles. The summed E-state index contributed by atoms with van der Waals surface area (Å²) in [5, 5.41) is 0. The van der Waals surface area contributed by atoms with E-state index in [4.69, 9.17) is 4.74 Å². The topological polar surface area (TPSA) is 58.6 Å². The van der Waals surface area contributed by atoms with Gasteiger partial charge in [-0.15, -0.1) is 0 Å². The van der Waals surface area contributed by atoms with Crippen LogP contribution in [0.5, 0.6) is 0 Å². The molecule has 5 nitrogen and oxygen atoms in total. The van der Waals surface area contributed by atoms with Crippen molar-refractivity contribution in [3.63, 3.8) is 0 Å². The summed E-state index contributed by atoms with van der Waals surface area (Å²) >= 11 is 0. The molecule has 6 heteroatoms. The van der Waals surface area contributed by atoms with Gasteiger partial charge in [0.15, 0.2) is 0 Å². The highest BCUT2D eigenvalue weighted by Crippen LogP contribution is 2.18. The zero-order valence-corrected chi connectivity index (χ0v) is 11.2. The normalized spacial score (nSPS) is 28.6. The molecule has 2 rings (SSSR count). The van der Waals surface area contributed by atoms with Crippen molar-refractivity contribution < 1.29 is 13.2 Å². The van der Waals surface area contributed by atoms with E-state index in [1.54, 1.807) is 4.31 Å². The van der Waals surface area contributed by atoms with Gasteiger partial charge in [-0.25, -0.2) is 0 Å². The maximum absolute atomic E-state index is 12.0. The molecule has 0 aromatic carbocycles. The Labute approximate surface area is 104 Å². The summed E-state index contributed by atoms with van der Waals surface area (Å²) in [6.45, 7) is 4.62. The monoisotopic (exact) mass is 262 g/mol. The Morgan fingerprint density at radius 1 is 1.29 bits per heavy atom. The Balaban J connectivity index is 1.81. The molecule has 0 aliphatic carbocycles. The van der Waals surface area contributed by atoms with Crippen LogP contribution in [0.4, 0.5) is 0 Å². The lowest BCUT2D eigenvalue weighted by Gasteiger charge is -2.29. The lowest BCUT2D eigenvalue weighted by Crippen LogP contribution is -2.46. The molecule has 2 aliphatic rings. The lowest BCUT2D eigenvalue weighted by molar-refractivity contribution is 0.114. The van der Waals surface area contributed by atoms with Gasteiger partial charge < -0.3 is 4.74 Å². The average Bonchev–Trinajstić information content (AvgIpc) is 2.80. The SMILES string of the molecule is CC1CCN(S(=O)(=O)NC[C@@H]2CCCO2)CC1. The minimum Gasteiger partial charge on any atom is -0.377 e. The van der Waals surface area contributed by atoms with Gasteiger partial charge in [0.2, 0.25) is 0 Å². The Morgan fingerprint density at radius 2 is 2.00 bits per heavy atom. The predicted octanol–water partition coefficient (Wildman–Crippen LogP) is 0.732. The number of rotatable bonds is 4. The van der Waals surface area contributed by atoms with E-state index in [1.807, 2.05) is 0 Å². The third kappa shape index (κ3) is 3.64. The number of nitrogens with zero attached hydrogens (tertiary/aromatic N) is 1. The first-order valence-corrected chi connectivity index (χ1v) is 7.88. The van der Waals surface area contributed by atoms with E-state index >= 15 is 0 Å². The lowest BCUT2D eigenvalue weighted by atomic mass is 10.0. The average molecular weight is 262 g/mol. The first-order valence-electron chi connectivity index (χ1n) is 6.44. The van der Waals surface area contributed by atoms with Gasteiger partial charge in [0.1, 0.15) is 0 Å². The van der Waals surface area contributed by atoms with Gasteiger partial charge in [-0.05, 0) is 31.6 Å². The summed E-state index contributed by atoms with van der Waals surface area (Å²) in [5.41, 5.74) is 0. The van der Waals surface area contributed by atoms with Gasteiger partial charge in [0.25, 0.3) is 10.2 Å². The predicted molar refractivity (Wildman–Crippen MR) is 65.9 cm³/mol. The van der Waals surface area contributed by atoms with Crippen LogP contribution in [0.3, 0.4) is 0 Å². The molecular formula is C11H22N2O3S. The molecule has 2 fully saturated rings. The van der Waals surface area contributed by atoms with Crippen LogP contribution in [-0.2, 0) is 14.9 Å². The zero-order valence-electron chi connectivity index (χ0n) is 10.4. The van der Waals surface area contributed by atoms with Crippen LogP contribution in [0.2, 0.25) is 0 Å². The van der Waals surface area contributed by atoms with Crippen molar-refractivity contribution in [1.29, 1.82) is 0 Å². The van der Waals surface area contributed by atoms with Gasteiger partial charge in [-0.2, -0.15) is 17.4 Å².